The first-order chi connectivity index (χ1) is 10.5. The van der Waals surface area contributed by atoms with E-state index in [4.69, 9.17) is 0 Å². The van der Waals surface area contributed by atoms with Crippen LogP contribution in [0.15, 0.2) is 16.9 Å². The summed E-state index contributed by atoms with van der Waals surface area (Å²) in [5.74, 6) is 0. The number of rotatable bonds is 2. The molecule has 0 saturated carbocycles. The Morgan fingerprint density at radius 3 is 2.68 bits per heavy atom. The summed E-state index contributed by atoms with van der Waals surface area (Å²) in [6.45, 7) is 1.82. The number of carbonyl (C=O) groups excluding carboxylic acids is 1. The number of fused-ring (bicyclic) bond motifs is 1. The molecule has 1 aliphatic heterocycles. The number of hydrogen-bond donors (Lipinski definition) is 3. The van der Waals surface area contributed by atoms with Crippen LogP contribution in [0.5, 0.6) is 0 Å². The summed E-state index contributed by atoms with van der Waals surface area (Å²) in [4.78, 5) is 24.0. The molecule has 0 radical (unpaired) electrons. The lowest BCUT2D eigenvalue weighted by Gasteiger charge is -2.32. The lowest BCUT2D eigenvalue weighted by molar-refractivity contribution is -0.0275. The van der Waals surface area contributed by atoms with Crippen molar-refractivity contribution in [1.29, 1.82) is 0 Å². The van der Waals surface area contributed by atoms with Gasteiger partial charge in [-0.1, -0.05) is 6.07 Å². The largest absolute Gasteiger partial charge is 0.379 e. The Hall–Kier alpha value is -1.96. The van der Waals surface area contributed by atoms with Gasteiger partial charge in [-0.15, -0.1) is 0 Å². The van der Waals surface area contributed by atoms with Crippen LogP contribution in [-0.2, 0) is 7.05 Å². The third kappa shape index (κ3) is 2.09. The number of aldehydes is 1. The fourth-order valence-electron chi connectivity index (χ4n) is 3.22. The summed E-state index contributed by atoms with van der Waals surface area (Å²) in [6.07, 6.45) is -0.131. The van der Waals surface area contributed by atoms with Crippen molar-refractivity contribution in [3.63, 3.8) is 0 Å². The summed E-state index contributed by atoms with van der Waals surface area (Å²) in [5.41, 5.74) is 2.17. The van der Waals surface area contributed by atoms with Gasteiger partial charge in [0.15, 0.2) is 6.29 Å². The summed E-state index contributed by atoms with van der Waals surface area (Å²) in [7, 11) is 1.62. The van der Waals surface area contributed by atoms with Crippen molar-refractivity contribution in [2.24, 2.45) is 7.05 Å². The van der Waals surface area contributed by atoms with Gasteiger partial charge in [0.25, 0.3) is 0 Å². The Kier molecular flexibility index (Phi) is 3.64. The molecule has 3 N–H and O–H groups in total. The SMILES string of the molecule is Cc1ccc2c(c1C=O)n(C)c(=O)n2C1CCC(O)NC1O. The van der Waals surface area contributed by atoms with E-state index in [-0.39, 0.29) is 5.69 Å². The highest BCUT2D eigenvalue weighted by atomic mass is 16.3. The molecule has 3 rings (SSSR count). The van der Waals surface area contributed by atoms with Crippen molar-refractivity contribution in [1.82, 2.24) is 14.5 Å². The summed E-state index contributed by atoms with van der Waals surface area (Å²) < 4.78 is 2.94. The quantitative estimate of drug-likeness (QED) is 0.680. The van der Waals surface area contributed by atoms with Gasteiger partial charge >= 0.3 is 5.69 Å². The molecule has 1 aromatic heterocycles. The monoisotopic (exact) mass is 305 g/mol. The number of aryl methyl sites for hydroxylation is 2. The lowest BCUT2D eigenvalue weighted by atomic mass is 10.0. The molecule has 118 valence electrons. The molecule has 0 bridgehead atoms. The third-order valence-corrected chi connectivity index (χ3v) is 4.41. The fourth-order valence-corrected chi connectivity index (χ4v) is 3.22. The molecule has 0 spiro atoms. The van der Waals surface area contributed by atoms with Gasteiger partial charge in [0.2, 0.25) is 0 Å². The first-order valence-corrected chi connectivity index (χ1v) is 7.23. The highest BCUT2D eigenvalue weighted by Crippen LogP contribution is 2.28. The van der Waals surface area contributed by atoms with Gasteiger partial charge in [-0.2, -0.15) is 0 Å². The minimum absolute atomic E-state index is 0.286. The number of nitrogens with one attached hydrogen (secondary N) is 1. The summed E-state index contributed by atoms with van der Waals surface area (Å²) in [5, 5.41) is 22.3. The minimum atomic E-state index is -1.02. The molecule has 7 heteroatoms. The van der Waals surface area contributed by atoms with Gasteiger partial charge in [-0.3, -0.25) is 19.2 Å². The Morgan fingerprint density at radius 2 is 2.05 bits per heavy atom. The van der Waals surface area contributed by atoms with Crippen LogP contribution in [0.4, 0.5) is 0 Å². The van der Waals surface area contributed by atoms with Crippen LogP contribution in [0.25, 0.3) is 11.0 Å². The van der Waals surface area contributed by atoms with Crippen LogP contribution in [0.1, 0.15) is 34.8 Å². The number of aliphatic hydroxyl groups is 2. The van der Waals surface area contributed by atoms with Gasteiger partial charge in [0.1, 0.15) is 12.5 Å². The van der Waals surface area contributed by atoms with Crippen molar-refractivity contribution in [2.45, 2.75) is 38.3 Å². The van der Waals surface area contributed by atoms with Crippen LogP contribution >= 0.6 is 0 Å². The Labute approximate surface area is 126 Å². The molecule has 22 heavy (non-hydrogen) atoms. The molecule has 3 atom stereocenters. The van der Waals surface area contributed by atoms with E-state index in [1.54, 1.807) is 19.2 Å². The molecule has 1 aliphatic rings. The second kappa shape index (κ2) is 5.35. The van der Waals surface area contributed by atoms with Gasteiger partial charge in [-0.05, 0) is 31.4 Å². The van der Waals surface area contributed by atoms with E-state index in [9.17, 15) is 19.8 Å². The summed E-state index contributed by atoms with van der Waals surface area (Å²) in [6, 6.07) is 3.10. The Bertz CT molecular complexity index is 792. The van der Waals surface area contributed by atoms with Gasteiger partial charge in [-0.25, -0.2) is 4.79 Å². The van der Waals surface area contributed by atoms with E-state index in [1.165, 1.54) is 9.13 Å². The molecule has 0 amide bonds. The number of hydrogen-bond acceptors (Lipinski definition) is 5. The maximum absolute atomic E-state index is 12.6. The predicted molar refractivity (Wildman–Crippen MR) is 80.7 cm³/mol. The van der Waals surface area contributed by atoms with Crippen molar-refractivity contribution in [2.75, 3.05) is 0 Å². The van der Waals surface area contributed by atoms with Gasteiger partial charge < -0.3 is 10.2 Å². The van der Waals surface area contributed by atoms with E-state index < -0.39 is 18.5 Å². The smallest absolute Gasteiger partial charge is 0.329 e. The normalized spacial score (nSPS) is 25.5. The number of carbonyl (C=O) groups is 1. The number of nitrogens with zero attached hydrogens (tertiary/aromatic N) is 2. The average Bonchev–Trinajstić information content (AvgIpc) is 2.72. The Balaban J connectivity index is 2.25. The molecule has 3 unspecified atom stereocenters. The standard InChI is InChI=1S/C15H19N3O4/c1-8-3-4-10-13(9(8)7-19)17(2)15(22)18(10)11-5-6-12(20)16-14(11)21/h3-4,7,11-12,14,16,20-21H,5-6H2,1-2H3. The van der Waals surface area contributed by atoms with Gasteiger partial charge in [0, 0.05) is 12.6 Å². The van der Waals surface area contributed by atoms with E-state index >= 15 is 0 Å². The van der Waals surface area contributed by atoms with Crippen molar-refractivity contribution in [3.8, 4) is 0 Å². The number of aliphatic hydroxyl groups excluding tert-OH is 2. The zero-order valence-electron chi connectivity index (χ0n) is 12.5. The highest BCUT2D eigenvalue weighted by molar-refractivity contribution is 5.96. The molecule has 0 aliphatic carbocycles. The topological polar surface area (TPSA) is 96.5 Å². The van der Waals surface area contributed by atoms with Crippen LogP contribution < -0.4 is 11.0 Å². The molecular formula is C15H19N3O4. The molecule has 1 aromatic carbocycles. The summed E-state index contributed by atoms with van der Waals surface area (Å²) >= 11 is 0. The van der Waals surface area contributed by atoms with Crippen molar-refractivity contribution >= 4 is 17.3 Å². The Morgan fingerprint density at radius 1 is 1.32 bits per heavy atom. The van der Waals surface area contributed by atoms with E-state index in [0.717, 1.165) is 11.8 Å². The van der Waals surface area contributed by atoms with E-state index in [2.05, 4.69) is 5.32 Å². The van der Waals surface area contributed by atoms with Crippen LogP contribution in [0.2, 0.25) is 0 Å². The second-order valence-electron chi connectivity index (χ2n) is 5.77. The molecule has 2 heterocycles. The number of piperidine rings is 1. The van der Waals surface area contributed by atoms with E-state index in [1.807, 2.05) is 6.92 Å². The highest BCUT2D eigenvalue weighted by Gasteiger charge is 2.32. The zero-order valence-corrected chi connectivity index (χ0v) is 12.5. The van der Waals surface area contributed by atoms with Crippen LogP contribution in [0, 0.1) is 6.92 Å². The zero-order chi connectivity index (χ0) is 16.0. The second-order valence-corrected chi connectivity index (χ2v) is 5.77. The predicted octanol–water partition coefficient (Wildman–Crippen LogP) is 0.0222. The molecule has 7 nitrogen and oxygen atoms in total. The van der Waals surface area contributed by atoms with Crippen molar-refractivity contribution in [3.05, 3.63) is 33.7 Å². The maximum Gasteiger partial charge on any atom is 0.329 e. The molecular weight excluding hydrogens is 286 g/mol. The molecule has 1 saturated heterocycles. The molecule has 1 fully saturated rings. The number of aromatic nitrogens is 2. The molecule has 2 aromatic rings. The minimum Gasteiger partial charge on any atom is -0.379 e. The first-order valence-electron chi connectivity index (χ1n) is 7.23. The maximum atomic E-state index is 12.6. The van der Waals surface area contributed by atoms with E-state index in [0.29, 0.717) is 29.4 Å². The number of benzene rings is 1. The lowest BCUT2D eigenvalue weighted by Crippen LogP contribution is -2.49. The fraction of sp³-hybridized carbons (Fsp3) is 0.467. The number of imidazole rings is 1. The average molecular weight is 305 g/mol. The van der Waals surface area contributed by atoms with Crippen LogP contribution in [0.3, 0.4) is 0 Å². The van der Waals surface area contributed by atoms with Crippen molar-refractivity contribution < 1.29 is 15.0 Å². The third-order valence-electron chi connectivity index (χ3n) is 4.41. The van der Waals surface area contributed by atoms with Gasteiger partial charge in [0.05, 0.1) is 17.1 Å². The first kappa shape index (κ1) is 15.0. The van der Waals surface area contributed by atoms with Crippen LogP contribution in [-0.4, -0.2) is 38.1 Å².